The molecule has 3 atom stereocenters. The third-order valence-corrected chi connectivity index (χ3v) is 10.8. The van der Waals surface area contributed by atoms with Crippen molar-refractivity contribution >= 4 is 22.6 Å². The summed E-state index contributed by atoms with van der Waals surface area (Å²) in [5.74, 6) is 0. The molecule has 1 spiro atoms. The summed E-state index contributed by atoms with van der Waals surface area (Å²) < 4.78 is 2.89. The topological polar surface area (TPSA) is 0 Å². The van der Waals surface area contributed by atoms with Crippen molar-refractivity contribution in [1.82, 2.24) is 0 Å². The van der Waals surface area contributed by atoms with Gasteiger partial charge in [-0.25, -0.2) is 0 Å². The molecular formula is C10H15I2-. The molecule has 2 aliphatic rings. The number of alkyl halides is 3. The average Bonchev–Trinajstić information content (AvgIpc) is 2.46. The number of rotatable bonds is 2. The molecule has 0 aromatic heterocycles. The number of allylic oxidation sites excluding steroid dienone is 2. The van der Waals surface area contributed by atoms with E-state index in [1.165, 1.54) is 25.7 Å². The summed E-state index contributed by atoms with van der Waals surface area (Å²) >= 11 is 3.14. The van der Waals surface area contributed by atoms with Crippen molar-refractivity contribution in [3.63, 3.8) is 0 Å². The third kappa shape index (κ3) is 1.70. The molecule has 0 nitrogen and oxygen atoms in total. The maximum absolute atomic E-state index is 2.67. The first-order valence-electron chi connectivity index (χ1n) is 4.72. The van der Waals surface area contributed by atoms with Crippen molar-refractivity contribution in [2.24, 2.45) is 0 Å². The quantitative estimate of drug-likeness (QED) is 0.359. The standard InChI is InChI=1S/C10H15I2/c1-2-8(11)9-4-7-10(12-9)5-3-6-10/h3,5,8-9H,2,4,6-7H2,1H3/q-1. The average molecular weight is 389 g/mol. The zero-order chi connectivity index (χ0) is 8.60. The van der Waals surface area contributed by atoms with Crippen molar-refractivity contribution in [2.45, 2.75) is 43.9 Å². The summed E-state index contributed by atoms with van der Waals surface area (Å²) in [4.78, 5) is 0. The molecule has 0 aromatic carbocycles. The minimum absolute atomic E-state index is 0.473. The van der Waals surface area contributed by atoms with E-state index in [9.17, 15) is 0 Å². The molecule has 0 amide bonds. The molecule has 2 heteroatoms. The molecule has 1 fully saturated rings. The molecule has 1 saturated heterocycles. The van der Waals surface area contributed by atoms with Crippen LogP contribution in [0.2, 0.25) is 0 Å². The molecular weight excluding hydrogens is 374 g/mol. The molecule has 1 aliphatic carbocycles. The molecule has 0 bridgehead atoms. The van der Waals surface area contributed by atoms with E-state index in [-0.39, 0.29) is 0 Å². The van der Waals surface area contributed by atoms with Gasteiger partial charge in [0.15, 0.2) is 0 Å². The van der Waals surface area contributed by atoms with Gasteiger partial charge in [-0.2, -0.15) is 0 Å². The van der Waals surface area contributed by atoms with E-state index in [2.05, 4.69) is 41.7 Å². The normalized spacial score (nSPS) is 42.3. The summed E-state index contributed by atoms with van der Waals surface area (Å²) in [5.41, 5.74) is 0. The van der Waals surface area contributed by atoms with Crippen LogP contribution in [0.25, 0.3) is 0 Å². The van der Waals surface area contributed by atoms with Gasteiger partial charge in [-0.15, -0.1) is 0 Å². The summed E-state index contributed by atoms with van der Waals surface area (Å²) in [5, 5.41) is 0. The fourth-order valence-electron chi connectivity index (χ4n) is 1.91. The van der Waals surface area contributed by atoms with Gasteiger partial charge in [0.2, 0.25) is 0 Å². The number of hydrogen-bond acceptors (Lipinski definition) is 0. The zero-order valence-corrected chi connectivity index (χ0v) is 11.7. The van der Waals surface area contributed by atoms with Crippen molar-refractivity contribution in [3.8, 4) is 0 Å². The summed E-state index contributed by atoms with van der Waals surface area (Å²) in [6.45, 7) is 2.34. The van der Waals surface area contributed by atoms with Crippen LogP contribution in [-0.4, -0.2) is 11.3 Å². The third-order valence-electron chi connectivity index (χ3n) is 2.85. The fraction of sp³-hybridized carbons (Fsp3) is 0.800. The second-order valence-electron chi connectivity index (χ2n) is 3.73. The minimum atomic E-state index is 0.473. The Morgan fingerprint density at radius 1 is 1.75 bits per heavy atom. The van der Waals surface area contributed by atoms with Crippen molar-refractivity contribution in [3.05, 3.63) is 12.2 Å². The van der Waals surface area contributed by atoms with E-state index in [1.807, 2.05) is 0 Å². The van der Waals surface area contributed by atoms with Crippen LogP contribution in [0.15, 0.2) is 12.2 Å². The van der Waals surface area contributed by atoms with Crippen molar-refractivity contribution in [2.75, 3.05) is 0 Å². The SMILES string of the molecule is CCC(I)C1CCC2(C=CC2)[I-]1. The van der Waals surface area contributed by atoms with Crippen molar-refractivity contribution < 1.29 is 21.2 Å². The van der Waals surface area contributed by atoms with E-state index in [4.69, 9.17) is 0 Å². The van der Waals surface area contributed by atoms with Crippen LogP contribution in [0.1, 0.15) is 32.6 Å². The molecule has 0 aromatic rings. The van der Waals surface area contributed by atoms with Gasteiger partial charge in [0.25, 0.3) is 0 Å². The van der Waals surface area contributed by atoms with Gasteiger partial charge in [0.05, 0.1) is 0 Å². The summed E-state index contributed by atoms with van der Waals surface area (Å²) in [7, 11) is 0. The van der Waals surface area contributed by atoms with Gasteiger partial charge in [-0.05, 0) is 0 Å². The molecule has 2 rings (SSSR count). The van der Waals surface area contributed by atoms with Crippen LogP contribution in [-0.2, 0) is 0 Å². The Balaban J connectivity index is 1.94. The molecule has 0 N–H and O–H groups in total. The molecule has 3 unspecified atom stereocenters. The maximum atomic E-state index is 2.67. The van der Waals surface area contributed by atoms with Crippen LogP contribution in [0, 0.1) is 0 Å². The first kappa shape index (κ1) is 9.74. The van der Waals surface area contributed by atoms with Gasteiger partial charge in [0.1, 0.15) is 0 Å². The Bertz CT molecular complexity index is 200. The molecule has 70 valence electrons. The van der Waals surface area contributed by atoms with Crippen LogP contribution in [0.4, 0.5) is 0 Å². The Kier molecular flexibility index (Phi) is 3.05. The molecule has 0 radical (unpaired) electrons. The van der Waals surface area contributed by atoms with Gasteiger partial charge >= 0.3 is 99.8 Å². The van der Waals surface area contributed by atoms with Gasteiger partial charge in [-0.3, -0.25) is 0 Å². The second kappa shape index (κ2) is 3.75. The van der Waals surface area contributed by atoms with Crippen LogP contribution in [0.5, 0.6) is 0 Å². The first-order chi connectivity index (χ1) is 5.76. The Hall–Kier alpha value is 1.20. The predicted octanol–water partition coefficient (Wildman–Crippen LogP) is 0.150. The molecule has 12 heavy (non-hydrogen) atoms. The first-order valence-corrected chi connectivity index (χ1v) is 8.29. The monoisotopic (exact) mass is 389 g/mol. The van der Waals surface area contributed by atoms with E-state index in [0.717, 1.165) is 11.3 Å². The summed E-state index contributed by atoms with van der Waals surface area (Å²) in [6.07, 6.45) is 10.7. The van der Waals surface area contributed by atoms with Crippen LogP contribution in [0.3, 0.4) is 0 Å². The molecule has 1 heterocycles. The van der Waals surface area contributed by atoms with Crippen LogP contribution < -0.4 is 21.2 Å². The van der Waals surface area contributed by atoms with E-state index in [0.29, 0.717) is 21.2 Å². The van der Waals surface area contributed by atoms with E-state index >= 15 is 0 Å². The van der Waals surface area contributed by atoms with Gasteiger partial charge in [-0.1, -0.05) is 0 Å². The van der Waals surface area contributed by atoms with E-state index < -0.39 is 0 Å². The molecule has 0 saturated carbocycles. The predicted molar refractivity (Wildman–Crippen MR) is 57.6 cm³/mol. The fourth-order valence-corrected chi connectivity index (χ4v) is 7.89. The van der Waals surface area contributed by atoms with Crippen molar-refractivity contribution in [1.29, 1.82) is 0 Å². The van der Waals surface area contributed by atoms with Gasteiger partial charge in [0, 0.05) is 0 Å². The second-order valence-corrected chi connectivity index (χ2v) is 9.70. The molecule has 1 aliphatic heterocycles. The van der Waals surface area contributed by atoms with E-state index in [1.54, 1.807) is 0 Å². The zero-order valence-electron chi connectivity index (χ0n) is 7.39. The Morgan fingerprint density at radius 3 is 2.92 bits per heavy atom. The Morgan fingerprint density at radius 2 is 2.50 bits per heavy atom. The van der Waals surface area contributed by atoms with Gasteiger partial charge < -0.3 is 0 Å². The number of halogens is 2. The Labute approximate surface area is 99.0 Å². The number of hydrogen-bond donors (Lipinski definition) is 0. The van der Waals surface area contributed by atoms with Crippen LogP contribution >= 0.6 is 22.6 Å². The summed E-state index contributed by atoms with van der Waals surface area (Å²) in [6, 6.07) is 0.